The van der Waals surface area contributed by atoms with Gasteiger partial charge in [0.2, 0.25) is 11.8 Å². The number of hydrogen-bond donors (Lipinski definition) is 3. The number of primary amides is 1. The van der Waals surface area contributed by atoms with Gasteiger partial charge in [0.15, 0.2) is 0 Å². The molecule has 128 valence electrons. The average Bonchev–Trinajstić information content (AvgIpc) is 2.95. The molecule has 2 rings (SSSR count). The summed E-state index contributed by atoms with van der Waals surface area (Å²) < 4.78 is 5.56. The van der Waals surface area contributed by atoms with Crippen LogP contribution in [-0.2, 0) is 14.3 Å². The third kappa shape index (κ3) is 5.66. The summed E-state index contributed by atoms with van der Waals surface area (Å²) in [7, 11) is 0. The fraction of sp³-hybridized carbons (Fsp3) is 0.467. The molecule has 23 heavy (non-hydrogen) atoms. The lowest BCUT2D eigenvalue weighted by molar-refractivity contribution is -0.132. The smallest absolute Gasteiger partial charge is 0.249 e. The number of benzene rings is 1. The van der Waals surface area contributed by atoms with Crippen molar-refractivity contribution in [1.29, 1.82) is 0 Å². The maximum Gasteiger partial charge on any atom is 0.249 e. The molecule has 1 saturated heterocycles. The predicted molar refractivity (Wildman–Crippen MR) is 90.3 cm³/mol. The summed E-state index contributed by atoms with van der Waals surface area (Å²) in [5.41, 5.74) is 11.5. The molecule has 0 spiro atoms. The Morgan fingerprint density at radius 1 is 1.39 bits per heavy atom. The van der Waals surface area contributed by atoms with Crippen molar-refractivity contribution in [3.05, 3.63) is 34.9 Å². The standard InChI is InChI=1S/C15H20ClN3O3.ClH/c16-10-3-1-2-9(6-10)12(7-14(18)20)19-15(21)13-5-4-11(8-17)22-13;/h1-3,6,11-13H,4-5,7-8,17H2,(H2,18,20)(H,19,21);1H/t11-,12-,13+;/m1./s1. The Bertz CT molecular complexity index is 557. The highest BCUT2D eigenvalue weighted by atomic mass is 35.5. The Balaban J connectivity index is 0.00000264. The number of nitrogens with one attached hydrogen (secondary N) is 1. The summed E-state index contributed by atoms with van der Waals surface area (Å²) in [6.07, 6.45) is 0.748. The van der Waals surface area contributed by atoms with E-state index >= 15 is 0 Å². The summed E-state index contributed by atoms with van der Waals surface area (Å²) in [6.45, 7) is 0.392. The van der Waals surface area contributed by atoms with Crippen LogP contribution in [0.4, 0.5) is 0 Å². The molecular formula is C15H21Cl2N3O3. The third-order valence-electron chi connectivity index (χ3n) is 3.64. The molecule has 3 atom stereocenters. The van der Waals surface area contributed by atoms with Crippen LogP contribution in [0.3, 0.4) is 0 Å². The molecule has 6 nitrogen and oxygen atoms in total. The SMILES string of the molecule is Cl.NC[C@H]1CC[C@@H](C(=O)N[C@H](CC(N)=O)c2cccc(Cl)c2)O1. The minimum Gasteiger partial charge on any atom is -0.370 e. The van der Waals surface area contributed by atoms with Crippen LogP contribution < -0.4 is 16.8 Å². The summed E-state index contributed by atoms with van der Waals surface area (Å²) >= 11 is 5.96. The van der Waals surface area contributed by atoms with Crippen molar-refractivity contribution < 1.29 is 14.3 Å². The number of amides is 2. The highest BCUT2D eigenvalue weighted by molar-refractivity contribution is 6.30. The van der Waals surface area contributed by atoms with Crippen LogP contribution in [0.2, 0.25) is 5.02 Å². The first-order chi connectivity index (χ1) is 10.5. The molecule has 1 aliphatic heterocycles. The zero-order valence-corrected chi connectivity index (χ0v) is 14.1. The zero-order valence-electron chi connectivity index (χ0n) is 12.5. The Morgan fingerprint density at radius 2 is 2.13 bits per heavy atom. The minimum atomic E-state index is -0.539. The quantitative estimate of drug-likeness (QED) is 0.709. The van der Waals surface area contributed by atoms with E-state index in [4.69, 9.17) is 27.8 Å². The van der Waals surface area contributed by atoms with Gasteiger partial charge in [0.25, 0.3) is 0 Å². The van der Waals surface area contributed by atoms with Crippen molar-refractivity contribution in [2.75, 3.05) is 6.54 Å². The van der Waals surface area contributed by atoms with Gasteiger partial charge in [-0.05, 0) is 30.5 Å². The monoisotopic (exact) mass is 361 g/mol. The minimum absolute atomic E-state index is 0. The maximum absolute atomic E-state index is 12.3. The fourth-order valence-electron chi connectivity index (χ4n) is 2.51. The molecule has 5 N–H and O–H groups in total. The Kier molecular flexibility index (Phi) is 7.78. The van der Waals surface area contributed by atoms with Crippen molar-refractivity contribution in [3.63, 3.8) is 0 Å². The van der Waals surface area contributed by atoms with Crippen molar-refractivity contribution in [1.82, 2.24) is 5.32 Å². The number of rotatable bonds is 6. The van der Waals surface area contributed by atoms with E-state index in [2.05, 4.69) is 5.32 Å². The van der Waals surface area contributed by atoms with E-state index in [1.165, 1.54) is 0 Å². The van der Waals surface area contributed by atoms with Gasteiger partial charge in [-0.3, -0.25) is 9.59 Å². The number of hydrogen-bond acceptors (Lipinski definition) is 4. The van der Waals surface area contributed by atoms with Gasteiger partial charge in [0, 0.05) is 11.6 Å². The normalized spacial score (nSPS) is 21.3. The van der Waals surface area contributed by atoms with E-state index in [1.807, 2.05) is 0 Å². The zero-order chi connectivity index (χ0) is 16.1. The molecule has 1 fully saturated rings. The third-order valence-corrected chi connectivity index (χ3v) is 3.87. The van der Waals surface area contributed by atoms with E-state index < -0.39 is 18.1 Å². The van der Waals surface area contributed by atoms with Crippen molar-refractivity contribution in [2.45, 2.75) is 37.5 Å². The Morgan fingerprint density at radius 3 is 2.70 bits per heavy atom. The lowest BCUT2D eigenvalue weighted by Gasteiger charge is -2.20. The van der Waals surface area contributed by atoms with Gasteiger partial charge >= 0.3 is 0 Å². The molecule has 0 aromatic heterocycles. The number of carbonyl (C=O) groups excluding carboxylic acids is 2. The Hall–Kier alpha value is -1.34. The van der Waals surface area contributed by atoms with Crippen LogP contribution in [0.25, 0.3) is 0 Å². The molecule has 0 bridgehead atoms. The van der Waals surface area contributed by atoms with Crippen molar-refractivity contribution >= 4 is 35.8 Å². The Labute approximate surface area is 146 Å². The fourth-order valence-corrected chi connectivity index (χ4v) is 2.71. The maximum atomic E-state index is 12.3. The van der Waals surface area contributed by atoms with Gasteiger partial charge < -0.3 is 21.5 Å². The lowest BCUT2D eigenvalue weighted by atomic mass is 10.0. The second-order valence-electron chi connectivity index (χ2n) is 5.35. The molecule has 0 saturated carbocycles. The highest BCUT2D eigenvalue weighted by Crippen LogP contribution is 2.23. The molecular weight excluding hydrogens is 341 g/mol. The first-order valence-corrected chi connectivity index (χ1v) is 7.57. The van der Waals surface area contributed by atoms with Gasteiger partial charge in [0.05, 0.1) is 18.6 Å². The summed E-state index contributed by atoms with van der Waals surface area (Å²) in [6, 6.07) is 6.45. The van der Waals surface area contributed by atoms with E-state index in [1.54, 1.807) is 24.3 Å². The first kappa shape index (κ1) is 19.7. The molecule has 2 amide bonds. The topological polar surface area (TPSA) is 107 Å². The molecule has 1 aliphatic rings. The van der Waals surface area contributed by atoms with E-state index in [0.717, 1.165) is 12.0 Å². The van der Waals surface area contributed by atoms with Crippen molar-refractivity contribution in [2.24, 2.45) is 11.5 Å². The lowest BCUT2D eigenvalue weighted by Crippen LogP contribution is -2.39. The van der Waals surface area contributed by atoms with E-state index in [9.17, 15) is 9.59 Å². The average molecular weight is 362 g/mol. The van der Waals surface area contributed by atoms with Crippen LogP contribution in [0, 0.1) is 0 Å². The summed E-state index contributed by atoms with van der Waals surface area (Å²) in [5.74, 6) is -0.764. The van der Waals surface area contributed by atoms with Crippen LogP contribution in [-0.4, -0.2) is 30.6 Å². The molecule has 0 radical (unpaired) electrons. The van der Waals surface area contributed by atoms with Gasteiger partial charge in [-0.2, -0.15) is 0 Å². The van der Waals surface area contributed by atoms with Crippen LogP contribution in [0.15, 0.2) is 24.3 Å². The van der Waals surface area contributed by atoms with Gasteiger partial charge in [0.1, 0.15) is 6.10 Å². The second-order valence-corrected chi connectivity index (χ2v) is 5.78. The van der Waals surface area contributed by atoms with E-state index in [-0.39, 0.29) is 30.8 Å². The largest absolute Gasteiger partial charge is 0.370 e. The molecule has 0 unspecified atom stereocenters. The van der Waals surface area contributed by atoms with E-state index in [0.29, 0.717) is 18.0 Å². The molecule has 8 heteroatoms. The van der Waals surface area contributed by atoms with Gasteiger partial charge in [-0.25, -0.2) is 0 Å². The van der Waals surface area contributed by atoms with Gasteiger partial charge in [-0.15, -0.1) is 12.4 Å². The van der Waals surface area contributed by atoms with Crippen LogP contribution in [0.5, 0.6) is 0 Å². The number of nitrogens with two attached hydrogens (primary N) is 2. The van der Waals surface area contributed by atoms with Crippen LogP contribution >= 0.6 is 24.0 Å². The highest BCUT2D eigenvalue weighted by Gasteiger charge is 2.31. The molecule has 0 aliphatic carbocycles. The predicted octanol–water partition coefficient (Wildman–Crippen LogP) is 1.30. The first-order valence-electron chi connectivity index (χ1n) is 7.19. The molecule has 1 aromatic rings. The number of ether oxygens (including phenoxy) is 1. The number of carbonyl (C=O) groups is 2. The second kappa shape index (κ2) is 9.08. The molecule has 1 heterocycles. The molecule has 1 aromatic carbocycles. The number of halogens is 2. The van der Waals surface area contributed by atoms with Crippen molar-refractivity contribution in [3.8, 4) is 0 Å². The summed E-state index contributed by atoms with van der Waals surface area (Å²) in [5, 5.41) is 3.34. The summed E-state index contributed by atoms with van der Waals surface area (Å²) in [4.78, 5) is 23.6. The van der Waals surface area contributed by atoms with Crippen LogP contribution in [0.1, 0.15) is 30.9 Å². The van der Waals surface area contributed by atoms with Gasteiger partial charge in [-0.1, -0.05) is 23.7 Å².